The molecule has 0 radical (unpaired) electrons. The molecule has 0 unspecified atom stereocenters. The molecule has 2 amide bonds. The zero-order chi connectivity index (χ0) is 23.4. The van der Waals surface area contributed by atoms with Crippen molar-refractivity contribution in [2.24, 2.45) is 0 Å². The molecule has 0 saturated heterocycles. The molecule has 2 N–H and O–H groups in total. The number of nitrogens with zero attached hydrogens (tertiary/aromatic N) is 2. The number of nitro benzene ring substituents is 1. The molecule has 0 atom stereocenters. The number of rotatable bonds is 6. The fourth-order valence-electron chi connectivity index (χ4n) is 2.85. The van der Waals surface area contributed by atoms with Crippen molar-refractivity contribution in [1.82, 2.24) is 0 Å². The van der Waals surface area contributed by atoms with Gasteiger partial charge in [-0.3, -0.25) is 19.7 Å². The highest BCUT2D eigenvalue weighted by molar-refractivity contribution is 7.18. The highest BCUT2D eigenvalue weighted by Gasteiger charge is 2.23. The second-order valence-corrected chi connectivity index (χ2v) is 7.83. The number of hydrogen-bond acceptors (Lipinski definition) is 7. The van der Waals surface area contributed by atoms with Crippen LogP contribution in [0.15, 0.2) is 42.5 Å². The Hall–Kier alpha value is -3.94. The molecule has 0 fully saturated rings. The number of carbonyl (C=O) groups excluding carboxylic acids is 2. The van der Waals surface area contributed by atoms with Crippen LogP contribution in [0.25, 0.3) is 0 Å². The van der Waals surface area contributed by atoms with Crippen LogP contribution in [0.4, 0.5) is 16.4 Å². The average Bonchev–Trinajstić information content (AvgIpc) is 3.09. The third-order valence-corrected chi connectivity index (χ3v) is 5.98. The van der Waals surface area contributed by atoms with E-state index in [1.54, 1.807) is 31.2 Å². The zero-order valence-corrected chi connectivity index (χ0v) is 18.3. The maximum absolute atomic E-state index is 12.8. The van der Waals surface area contributed by atoms with Gasteiger partial charge in [-0.1, -0.05) is 23.7 Å². The first-order chi connectivity index (χ1) is 15.3. The lowest BCUT2D eigenvalue weighted by molar-refractivity contribution is -0.384. The molecule has 2 aromatic carbocycles. The molecule has 3 aromatic rings. The summed E-state index contributed by atoms with van der Waals surface area (Å²) in [6.07, 6.45) is 0. The van der Waals surface area contributed by atoms with Gasteiger partial charge < -0.3 is 15.4 Å². The van der Waals surface area contributed by atoms with Gasteiger partial charge in [-0.2, -0.15) is 5.26 Å². The summed E-state index contributed by atoms with van der Waals surface area (Å²) in [5.41, 5.74) is 0.528. The Balaban J connectivity index is 1.89. The molecule has 0 aliphatic rings. The number of nitrogens with one attached hydrogen (secondary N) is 2. The molecule has 0 aliphatic heterocycles. The molecule has 0 saturated carbocycles. The lowest BCUT2D eigenvalue weighted by Gasteiger charge is -2.09. The summed E-state index contributed by atoms with van der Waals surface area (Å²) in [4.78, 5) is 36.1. The van der Waals surface area contributed by atoms with Gasteiger partial charge in [-0.05, 0) is 36.8 Å². The lowest BCUT2D eigenvalue weighted by Crippen LogP contribution is -2.12. The van der Waals surface area contributed by atoms with Gasteiger partial charge in [0.15, 0.2) is 0 Å². The van der Waals surface area contributed by atoms with Crippen molar-refractivity contribution in [1.29, 1.82) is 5.26 Å². The smallest absolute Gasteiger partial charge is 0.288 e. The molecular weight excluding hydrogens is 456 g/mol. The molecule has 1 aromatic heterocycles. The molecule has 9 nitrogen and oxygen atoms in total. The van der Waals surface area contributed by atoms with Crippen LogP contribution in [-0.2, 0) is 0 Å². The first-order valence-electron chi connectivity index (χ1n) is 9.00. The SMILES string of the molecule is COc1ccccc1NC(=O)c1sc(NC(=O)c2ccc(Cl)c([N+](=O)[O-])c2)c(C#N)c1C. The summed E-state index contributed by atoms with van der Waals surface area (Å²) in [7, 11) is 1.48. The number of amides is 2. The number of halogens is 1. The Kier molecular flexibility index (Phi) is 6.73. The number of nitro groups is 1. The zero-order valence-electron chi connectivity index (χ0n) is 16.8. The fourth-order valence-corrected chi connectivity index (χ4v) is 4.08. The number of anilines is 2. The molecule has 162 valence electrons. The van der Waals surface area contributed by atoms with E-state index in [2.05, 4.69) is 10.6 Å². The average molecular weight is 471 g/mol. The van der Waals surface area contributed by atoms with E-state index in [-0.39, 0.29) is 26.0 Å². The number of methoxy groups -OCH3 is 1. The molecule has 0 bridgehead atoms. The van der Waals surface area contributed by atoms with Gasteiger partial charge in [0, 0.05) is 11.6 Å². The van der Waals surface area contributed by atoms with E-state index in [1.165, 1.54) is 19.2 Å². The maximum Gasteiger partial charge on any atom is 0.288 e. The minimum absolute atomic E-state index is 0.0175. The van der Waals surface area contributed by atoms with E-state index in [0.717, 1.165) is 17.4 Å². The largest absolute Gasteiger partial charge is 0.495 e. The van der Waals surface area contributed by atoms with Gasteiger partial charge >= 0.3 is 0 Å². The molecule has 0 spiro atoms. The van der Waals surface area contributed by atoms with Gasteiger partial charge in [0.25, 0.3) is 17.5 Å². The van der Waals surface area contributed by atoms with Crippen LogP contribution in [0.3, 0.4) is 0 Å². The van der Waals surface area contributed by atoms with E-state index in [9.17, 15) is 25.0 Å². The van der Waals surface area contributed by atoms with Gasteiger partial charge in [-0.15, -0.1) is 11.3 Å². The third kappa shape index (κ3) is 4.54. The highest BCUT2D eigenvalue weighted by atomic mass is 35.5. The summed E-state index contributed by atoms with van der Waals surface area (Å²) in [5, 5.41) is 25.9. The van der Waals surface area contributed by atoms with Gasteiger partial charge in [0.2, 0.25) is 0 Å². The van der Waals surface area contributed by atoms with Crippen LogP contribution >= 0.6 is 22.9 Å². The summed E-state index contributed by atoms with van der Waals surface area (Å²) < 4.78 is 5.22. The number of para-hydroxylation sites is 2. The monoisotopic (exact) mass is 470 g/mol. The normalized spacial score (nSPS) is 10.2. The molecule has 3 rings (SSSR count). The summed E-state index contributed by atoms with van der Waals surface area (Å²) >= 11 is 6.70. The summed E-state index contributed by atoms with van der Waals surface area (Å²) in [6.45, 7) is 1.59. The quantitative estimate of drug-likeness (QED) is 0.384. The minimum Gasteiger partial charge on any atom is -0.495 e. The van der Waals surface area contributed by atoms with E-state index in [4.69, 9.17) is 16.3 Å². The van der Waals surface area contributed by atoms with Crippen LogP contribution in [-0.4, -0.2) is 23.8 Å². The number of hydrogen-bond donors (Lipinski definition) is 2. The Labute approximate surface area is 191 Å². The van der Waals surface area contributed by atoms with Crippen molar-refractivity contribution in [2.45, 2.75) is 6.92 Å². The van der Waals surface area contributed by atoms with Gasteiger partial charge in [0.1, 0.15) is 21.8 Å². The third-order valence-electron chi connectivity index (χ3n) is 4.45. The number of thiophene rings is 1. The van der Waals surface area contributed by atoms with Crippen LogP contribution in [0, 0.1) is 28.4 Å². The molecule has 0 aliphatic carbocycles. The fraction of sp³-hybridized carbons (Fsp3) is 0.0952. The van der Waals surface area contributed by atoms with Crippen LogP contribution < -0.4 is 15.4 Å². The number of benzene rings is 2. The van der Waals surface area contributed by atoms with E-state index >= 15 is 0 Å². The van der Waals surface area contributed by atoms with Gasteiger partial charge in [-0.25, -0.2) is 0 Å². The predicted octanol–water partition coefficient (Wildman–Crippen LogP) is 5.00. The molecule has 11 heteroatoms. The summed E-state index contributed by atoms with van der Waals surface area (Å²) in [6, 6.07) is 12.4. The van der Waals surface area contributed by atoms with Crippen molar-refractivity contribution in [3.05, 3.63) is 79.2 Å². The Morgan fingerprint density at radius 2 is 1.91 bits per heavy atom. The number of ether oxygens (including phenoxy) is 1. The lowest BCUT2D eigenvalue weighted by atomic mass is 10.1. The maximum atomic E-state index is 12.8. The van der Waals surface area contributed by atoms with Crippen molar-refractivity contribution in [3.63, 3.8) is 0 Å². The number of nitriles is 1. The van der Waals surface area contributed by atoms with Crippen LogP contribution in [0.1, 0.15) is 31.2 Å². The Morgan fingerprint density at radius 3 is 2.56 bits per heavy atom. The summed E-state index contributed by atoms with van der Waals surface area (Å²) in [5.74, 6) is -0.691. The highest BCUT2D eigenvalue weighted by Crippen LogP contribution is 2.34. The molecular formula is C21H15ClN4O5S. The van der Waals surface area contributed by atoms with Crippen molar-refractivity contribution < 1.29 is 19.2 Å². The van der Waals surface area contributed by atoms with Crippen molar-refractivity contribution >= 4 is 51.1 Å². The van der Waals surface area contributed by atoms with Crippen LogP contribution in [0.5, 0.6) is 5.75 Å². The Morgan fingerprint density at radius 1 is 1.19 bits per heavy atom. The molecule has 1 heterocycles. The van der Waals surface area contributed by atoms with Gasteiger partial charge in [0.05, 0.1) is 28.2 Å². The van der Waals surface area contributed by atoms with Crippen molar-refractivity contribution in [3.8, 4) is 11.8 Å². The van der Waals surface area contributed by atoms with E-state index in [1.807, 2.05) is 6.07 Å². The first-order valence-corrected chi connectivity index (χ1v) is 10.2. The van der Waals surface area contributed by atoms with E-state index in [0.29, 0.717) is 17.0 Å². The second-order valence-electron chi connectivity index (χ2n) is 6.40. The number of carbonyl (C=O) groups is 2. The first kappa shape index (κ1) is 22.7. The molecule has 32 heavy (non-hydrogen) atoms. The van der Waals surface area contributed by atoms with E-state index < -0.39 is 22.4 Å². The Bertz CT molecular complexity index is 1280. The standard InChI is InChI=1S/C21H15ClN4O5S/c1-11-13(10-23)21(25-19(27)12-7-8-14(22)16(9-12)26(29)30)32-18(11)20(28)24-15-5-3-4-6-17(15)31-2/h3-9H,1-2H3,(H,24,28)(H,25,27). The topological polar surface area (TPSA) is 134 Å². The minimum atomic E-state index is -0.699. The second kappa shape index (κ2) is 9.47. The van der Waals surface area contributed by atoms with Crippen LogP contribution in [0.2, 0.25) is 5.02 Å². The van der Waals surface area contributed by atoms with Crippen molar-refractivity contribution in [2.75, 3.05) is 17.7 Å². The predicted molar refractivity (Wildman–Crippen MR) is 121 cm³/mol.